The van der Waals surface area contributed by atoms with Crippen LogP contribution in [0, 0.1) is 5.82 Å². The quantitative estimate of drug-likeness (QED) is 0.801. The minimum atomic E-state index is -4.70. The fourth-order valence-corrected chi connectivity index (χ4v) is 2.04. The van der Waals surface area contributed by atoms with Gasteiger partial charge in [0.2, 0.25) is 0 Å². The van der Waals surface area contributed by atoms with Crippen LogP contribution in [0.25, 0.3) is 0 Å². The van der Waals surface area contributed by atoms with Crippen molar-refractivity contribution in [1.82, 2.24) is 0 Å². The summed E-state index contributed by atoms with van der Waals surface area (Å²) in [5, 5.41) is 0. The van der Waals surface area contributed by atoms with Gasteiger partial charge in [-0.3, -0.25) is 0 Å². The van der Waals surface area contributed by atoms with Gasteiger partial charge in [0.1, 0.15) is 11.6 Å². The molecule has 0 heterocycles. The first kappa shape index (κ1) is 17.2. The average molecular weight is 331 g/mol. The van der Waals surface area contributed by atoms with Crippen LogP contribution in [0.3, 0.4) is 0 Å². The van der Waals surface area contributed by atoms with Crippen LogP contribution < -0.4 is 10.5 Å². The molecule has 0 bridgehead atoms. The van der Waals surface area contributed by atoms with E-state index in [1.54, 1.807) is 12.1 Å². The van der Waals surface area contributed by atoms with E-state index in [-0.39, 0.29) is 5.56 Å². The summed E-state index contributed by atoms with van der Waals surface area (Å²) in [5.41, 5.74) is 6.97. The summed E-state index contributed by atoms with van der Waals surface area (Å²) < 4.78 is 67.6. The van der Waals surface area contributed by atoms with Gasteiger partial charge >= 0.3 is 12.5 Å². The Balaban J connectivity index is 2.19. The van der Waals surface area contributed by atoms with E-state index in [1.807, 2.05) is 18.2 Å². The van der Waals surface area contributed by atoms with E-state index in [4.69, 9.17) is 5.73 Å². The SMILES string of the molecule is NC(Cc1ccccc1)c1cc(F)cc(OC(F)(F)C(F)F)c1. The number of hydrogen-bond donors (Lipinski definition) is 1. The smallest absolute Gasteiger partial charge is 0.428 e. The first-order chi connectivity index (χ1) is 10.8. The molecule has 0 aliphatic rings. The minimum Gasteiger partial charge on any atom is -0.428 e. The average Bonchev–Trinajstić information content (AvgIpc) is 2.47. The van der Waals surface area contributed by atoms with E-state index < -0.39 is 30.1 Å². The van der Waals surface area contributed by atoms with Crippen LogP contribution in [0.2, 0.25) is 0 Å². The van der Waals surface area contributed by atoms with Gasteiger partial charge in [0.15, 0.2) is 0 Å². The lowest BCUT2D eigenvalue weighted by molar-refractivity contribution is -0.253. The Hall–Kier alpha value is -2.15. The van der Waals surface area contributed by atoms with Crippen LogP contribution in [0.15, 0.2) is 48.5 Å². The lowest BCUT2D eigenvalue weighted by Gasteiger charge is -2.19. The van der Waals surface area contributed by atoms with Crippen molar-refractivity contribution in [2.75, 3.05) is 0 Å². The molecule has 0 saturated heterocycles. The fourth-order valence-electron chi connectivity index (χ4n) is 2.04. The highest BCUT2D eigenvalue weighted by molar-refractivity contribution is 5.33. The maximum atomic E-state index is 13.5. The molecule has 0 spiro atoms. The summed E-state index contributed by atoms with van der Waals surface area (Å²) in [6.45, 7) is 0. The summed E-state index contributed by atoms with van der Waals surface area (Å²) in [6, 6.07) is 11.0. The monoisotopic (exact) mass is 331 g/mol. The second-order valence-corrected chi connectivity index (χ2v) is 4.98. The minimum absolute atomic E-state index is 0.175. The van der Waals surface area contributed by atoms with Crippen LogP contribution in [0.1, 0.15) is 17.2 Å². The molecule has 0 saturated carbocycles. The van der Waals surface area contributed by atoms with E-state index in [0.717, 1.165) is 17.7 Å². The van der Waals surface area contributed by atoms with E-state index >= 15 is 0 Å². The van der Waals surface area contributed by atoms with Crippen LogP contribution in [0.4, 0.5) is 22.0 Å². The van der Waals surface area contributed by atoms with Crippen molar-refractivity contribution < 1.29 is 26.7 Å². The van der Waals surface area contributed by atoms with Gasteiger partial charge in [-0.05, 0) is 29.7 Å². The molecule has 124 valence electrons. The first-order valence-electron chi connectivity index (χ1n) is 6.73. The molecule has 2 N–H and O–H groups in total. The van der Waals surface area contributed by atoms with Gasteiger partial charge in [0.05, 0.1) is 0 Å². The van der Waals surface area contributed by atoms with Crippen molar-refractivity contribution in [2.45, 2.75) is 25.0 Å². The molecule has 0 aliphatic carbocycles. The zero-order valence-corrected chi connectivity index (χ0v) is 11.9. The summed E-state index contributed by atoms with van der Waals surface area (Å²) in [7, 11) is 0. The Bertz CT molecular complexity index is 648. The zero-order chi connectivity index (χ0) is 17.0. The standard InChI is InChI=1S/C16H14F5NO/c17-12-7-11(14(22)6-10-4-2-1-3-5-10)8-13(9-12)23-16(20,21)15(18)19/h1-5,7-9,14-15H,6,22H2. The predicted octanol–water partition coefficient (Wildman–Crippen LogP) is 4.30. The molecule has 7 heteroatoms. The number of hydrogen-bond acceptors (Lipinski definition) is 2. The highest BCUT2D eigenvalue weighted by atomic mass is 19.3. The number of benzene rings is 2. The van der Waals surface area contributed by atoms with Crippen LogP contribution in [0.5, 0.6) is 5.75 Å². The van der Waals surface area contributed by atoms with Gasteiger partial charge in [0, 0.05) is 12.1 Å². The van der Waals surface area contributed by atoms with Gasteiger partial charge in [-0.2, -0.15) is 17.6 Å². The summed E-state index contributed by atoms with van der Waals surface area (Å²) in [5.74, 6) is -1.60. The lowest BCUT2D eigenvalue weighted by atomic mass is 9.99. The van der Waals surface area contributed by atoms with Crippen LogP contribution in [-0.2, 0) is 6.42 Å². The van der Waals surface area contributed by atoms with Crippen molar-refractivity contribution in [2.24, 2.45) is 5.73 Å². The Morgan fingerprint density at radius 2 is 1.70 bits per heavy atom. The Kier molecular flexibility index (Phi) is 5.20. The van der Waals surface area contributed by atoms with E-state index in [2.05, 4.69) is 4.74 Å². The number of ether oxygens (including phenoxy) is 1. The van der Waals surface area contributed by atoms with Crippen molar-refractivity contribution in [3.63, 3.8) is 0 Å². The van der Waals surface area contributed by atoms with Crippen molar-refractivity contribution in [3.05, 3.63) is 65.5 Å². The zero-order valence-electron chi connectivity index (χ0n) is 11.9. The molecule has 2 nitrogen and oxygen atoms in total. The Morgan fingerprint density at radius 1 is 1.04 bits per heavy atom. The summed E-state index contributed by atoms with van der Waals surface area (Å²) in [6.07, 6.45) is -8.39. The Morgan fingerprint density at radius 3 is 2.30 bits per heavy atom. The van der Waals surface area contributed by atoms with Gasteiger partial charge in [-0.25, -0.2) is 4.39 Å². The normalized spacial score (nSPS) is 13.2. The number of halogens is 5. The van der Waals surface area contributed by atoms with Crippen molar-refractivity contribution in [3.8, 4) is 5.75 Å². The molecular formula is C16H14F5NO. The highest BCUT2D eigenvalue weighted by Crippen LogP contribution is 2.30. The van der Waals surface area contributed by atoms with Crippen molar-refractivity contribution >= 4 is 0 Å². The van der Waals surface area contributed by atoms with Gasteiger partial charge in [-0.1, -0.05) is 30.3 Å². The van der Waals surface area contributed by atoms with Crippen LogP contribution >= 0.6 is 0 Å². The molecule has 2 aromatic rings. The van der Waals surface area contributed by atoms with Gasteiger partial charge in [-0.15, -0.1) is 0 Å². The predicted molar refractivity (Wildman–Crippen MR) is 75.1 cm³/mol. The van der Waals surface area contributed by atoms with Gasteiger partial charge < -0.3 is 10.5 Å². The van der Waals surface area contributed by atoms with Crippen LogP contribution in [-0.4, -0.2) is 12.5 Å². The molecule has 0 radical (unpaired) electrons. The molecule has 2 aromatic carbocycles. The maximum absolute atomic E-state index is 13.5. The van der Waals surface area contributed by atoms with E-state index in [1.165, 1.54) is 0 Å². The van der Waals surface area contributed by atoms with Gasteiger partial charge in [0.25, 0.3) is 0 Å². The molecule has 23 heavy (non-hydrogen) atoms. The highest BCUT2D eigenvalue weighted by Gasteiger charge is 2.44. The molecule has 0 fully saturated rings. The second kappa shape index (κ2) is 6.95. The number of alkyl halides is 4. The lowest BCUT2D eigenvalue weighted by Crippen LogP contribution is -2.33. The molecule has 1 atom stereocenters. The third-order valence-corrected chi connectivity index (χ3v) is 3.13. The van der Waals surface area contributed by atoms with Crippen molar-refractivity contribution in [1.29, 1.82) is 0 Å². The molecular weight excluding hydrogens is 317 g/mol. The number of nitrogens with two attached hydrogens (primary N) is 1. The maximum Gasteiger partial charge on any atom is 0.461 e. The third kappa shape index (κ3) is 4.66. The van der Waals surface area contributed by atoms with E-state index in [0.29, 0.717) is 12.5 Å². The summed E-state index contributed by atoms with van der Waals surface area (Å²) >= 11 is 0. The fraction of sp³-hybridized carbons (Fsp3) is 0.250. The molecule has 0 amide bonds. The second-order valence-electron chi connectivity index (χ2n) is 4.98. The van der Waals surface area contributed by atoms with E-state index in [9.17, 15) is 22.0 Å². The molecule has 0 aliphatic heterocycles. The molecule has 0 aromatic heterocycles. The third-order valence-electron chi connectivity index (χ3n) is 3.13. The Labute approximate surface area is 129 Å². The molecule has 1 unspecified atom stereocenters. The molecule has 2 rings (SSSR count). The topological polar surface area (TPSA) is 35.2 Å². The number of rotatable bonds is 6. The largest absolute Gasteiger partial charge is 0.461 e. The summed E-state index contributed by atoms with van der Waals surface area (Å²) in [4.78, 5) is 0. The first-order valence-corrected chi connectivity index (χ1v) is 6.73.